The van der Waals surface area contributed by atoms with Crippen LogP contribution in [-0.4, -0.2) is 61.1 Å². The minimum absolute atomic E-state index is 0.0854. The van der Waals surface area contributed by atoms with Crippen molar-refractivity contribution < 1.29 is 9.53 Å². The zero-order valence-corrected chi connectivity index (χ0v) is 9.61. The fourth-order valence-electron chi connectivity index (χ4n) is 2.69. The Morgan fingerprint density at radius 3 is 2.93 bits per heavy atom. The molecule has 4 nitrogen and oxygen atoms in total. The van der Waals surface area contributed by atoms with Crippen molar-refractivity contribution in [2.45, 2.75) is 31.8 Å². The lowest BCUT2D eigenvalue weighted by Crippen LogP contribution is -2.54. The summed E-state index contributed by atoms with van der Waals surface area (Å²) in [6.45, 7) is 6.30. The smallest absolute Gasteiger partial charge is 0.322 e. The number of esters is 1. The van der Waals surface area contributed by atoms with Crippen LogP contribution in [0.3, 0.4) is 0 Å². The van der Waals surface area contributed by atoms with Crippen molar-refractivity contribution in [3.05, 3.63) is 0 Å². The molecule has 0 N–H and O–H groups in total. The second-order valence-corrected chi connectivity index (χ2v) is 4.53. The molecule has 0 amide bonds. The van der Waals surface area contributed by atoms with Crippen LogP contribution in [0, 0.1) is 0 Å². The first-order valence-corrected chi connectivity index (χ1v) is 5.78. The molecule has 2 saturated heterocycles. The Labute approximate surface area is 91.2 Å². The molecule has 86 valence electrons. The summed E-state index contributed by atoms with van der Waals surface area (Å²) in [7, 11) is 1.46. The van der Waals surface area contributed by atoms with Crippen molar-refractivity contribution in [3.63, 3.8) is 0 Å². The number of nitrogens with zero attached hydrogens (tertiary/aromatic N) is 2. The van der Waals surface area contributed by atoms with Gasteiger partial charge in [-0.2, -0.15) is 0 Å². The van der Waals surface area contributed by atoms with Gasteiger partial charge in [0.2, 0.25) is 0 Å². The summed E-state index contributed by atoms with van der Waals surface area (Å²) in [6, 6.07) is 0.587. The number of carbonyl (C=O) groups excluding carboxylic acids is 1. The number of fused-ring (bicyclic) bond motifs is 1. The van der Waals surface area contributed by atoms with Gasteiger partial charge in [-0.3, -0.25) is 14.6 Å². The number of ether oxygens (including phenoxy) is 1. The number of methoxy groups -OCH3 is 1. The van der Waals surface area contributed by atoms with E-state index in [-0.39, 0.29) is 12.0 Å². The van der Waals surface area contributed by atoms with Gasteiger partial charge in [-0.25, -0.2) is 0 Å². The molecule has 0 aliphatic carbocycles. The molecular weight excluding hydrogens is 192 g/mol. The van der Waals surface area contributed by atoms with Crippen molar-refractivity contribution in [1.82, 2.24) is 9.80 Å². The van der Waals surface area contributed by atoms with Gasteiger partial charge in [-0.1, -0.05) is 0 Å². The van der Waals surface area contributed by atoms with E-state index in [1.165, 1.54) is 26.5 Å². The van der Waals surface area contributed by atoms with Crippen LogP contribution in [0.4, 0.5) is 0 Å². The van der Waals surface area contributed by atoms with Gasteiger partial charge in [0.15, 0.2) is 0 Å². The van der Waals surface area contributed by atoms with E-state index in [1.807, 2.05) is 6.92 Å². The van der Waals surface area contributed by atoms with E-state index in [1.54, 1.807) is 0 Å². The summed E-state index contributed by atoms with van der Waals surface area (Å²) in [5.74, 6) is -0.110. The standard InChI is InChI=1S/C11H20N2O2/c1-9(11(14)15-2)13-7-6-12-5-3-4-10(12)8-13/h9-10H,3-8H2,1-2H3. The lowest BCUT2D eigenvalue weighted by Gasteiger charge is -2.39. The SMILES string of the molecule is COC(=O)C(C)N1CCN2CCCC2C1. The van der Waals surface area contributed by atoms with E-state index in [0.29, 0.717) is 6.04 Å². The predicted molar refractivity (Wildman–Crippen MR) is 57.6 cm³/mol. The number of hydrogen-bond donors (Lipinski definition) is 0. The summed E-state index contributed by atoms with van der Waals surface area (Å²) in [4.78, 5) is 16.2. The van der Waals surface area contributed by atoms with Crippen LogP contribution < -0.4 is 0 Å². The van der Waals surface area contributed by atoms with E-state index >= 15 is 0 Å². The zero-order valence-electron chi connectivity index (χ0n) is 9.61. The predicted octanol–water partition coefficient (Wildman–Crippen LogP) is 0.328. The first kappa shape index (κ1) is 10.9. The monoisotopic (exact) mass is 212 g/mol. The maximum Gasteiger partial charge on any atom is 0.322 e. The third-order valence-electron chi connectivity index (χ3n) is 3.71. The number of rotatable bonds is 2. The quantitative estimate of drug-likeness (QED) is 0.617. The molecule has 2 heterocycles. The largest absolute Gasteiger partial charge is 0.468 e. The fourth-order valence-corrected chi connectivity index (χ4v) is 2.69. The van der Waals surface area contributed by atoms with E-state index in [0.717, 1.165) is 19.6 Å². The normalized spacial score (nSPS) is 29.9. The highest BCUT2D eigenvalue weighted by molar-refractivity contribution is 5.75. The van der Waals surface area contributed by atoms with E-state index in [9.17, 15) is 4.79 Å². The Balaban J connectivity index is 1.92. The second-order valence-electron chi connectivity index (χ2n) is 4.53. The summed E-state index contributed by atoms with van der Waals surface area (Å²) >= 11 is 0. The topological polar surface area (TPSA) is 32.8 Å². The molecule has 15 heavy (non-hydrogen) atoms. The van der Waals surface area contributed by atoms with Gasteiger partial charge in [0.1, 0.15) is 6.04 Å². The van der Waals surface area contributed by atoms with E-state index in [2.05, 4.69) is 9.80 Å². The maximum atomic E-state index is 11.4. The molecule has 2 unspecified atom stereocenters. The van der Waals surface area contributed by atoms with Gasteiger partial charge < -0.3 is 4.74 Å². The molecule has 2 aliphatic rings. The summed E-state index contributed by atoms with van der Waals surface area (Å²) in [5.41, 5.74) is 0. The van der Waals surface area contributed by atoms with Crippen LogP contribution >= 0.6 is 0 Å². The molecule has 4 heteroatoms. The Morgan fingerprint density at radius 2 is 2.20 bits per heavy atom. The Morgan fingerprint density at radius 1 is 1.40 bits per heavy atom. The highest BCUT2D eigenvalue weighted by atomic mass is 16.5. The minimum Gasteiger partial charge on any atom is -0.468 e. The average molecular weight is 212 g/mol. The second kappa shape index (κ2) is 4.49. The molecule has 0 bridgehead atoms. The zero-order chi connectivity index (χ0) is 10.8. The molecular formula is C11H20N2O2. The molecule has 0 aromatic heterocycles. The van der Waals surface area contributed by atoms with Crippen molar-refractivity contribution in [2.24, 2.45) is 0 Å². The molecule has 0 aromatic carbocycles. The molecule has 0 radical (unpaired) electrons. The highest BCUT2D eigenvalue weighted by Gasteiger charge is 2.34. The van der Waals surface area contributed by atoms with Crippen molar-refractivity contribution in [1.29, 1.82) is 0 Å². The molecule has 2 aliphatic heterocycles. The Hall–Kier alpha value is -0.610. The molecule has 2 rings (SSSR count). The summed E-state index contributed by atoms with van der Waals surface area (Å²) < 4.78 is 4.78. The van der Waals surface area contributed by atoms with E-state index < -0.39 is 0 Å². The Kier molecular flexibility index (Phi) is 3.26. The summed E-state index contributed by atoms with van der Waals surface area (Å²) in [5, 5.41) is 0. The van der Waals surface area contributed by atoms with Crippen LogP contribution in [0.5, 0.6) is 0 Å². The molecule has 0 aromatic rings. The van der Waals surface area contributed by atoms with Crippen LogP contribution in [-0.2, 0) is 9.53 Å². The number of piperazine rings is 1. The maximum absolute atomic E-state index is 11.4. The van der Waals surface area contributed by atoms with Crippen LogP contribution in [0.1, 0.15) is 19.8 Å². The lowest BCUT2D eigenvalue weighted by atomic mass is 10.1. The number of carbonyl (C=O) groups is 1. The first-order chi connectivity index (χ1) is 7.22. The van der Waals surface area contributed by atoms with Crippen LogP contribution in [0.2, 0.25) is 0 Å². The molecule has 0 saturated carbocycles. The number of hydrogen-bond acceptors (Lipinski definition) is 4. The highest BCUT2D eigenvalue weighted by Crippen LogP contribution is 2.22. The van der Waals surface area contributed by atoms with E-state index in [4.69, 9.17) is 4.74 Å². The molecule has 0 spiro atoms. The van der Waals surface area contributed by atoms with Crippen molar-refractivity contribution in [3.8, 4) is 0 Å². The van der Waals surface area contributed by atoms with Gasteiger partial charge in [0.25, 0.3) is 0 Å². The first-order valence-electron chi connectivity index (χ1n) is 5.78. The van der Waals surface area contributed by atoms with Gasteiger partial charge in [-0.15, -0.1) is 0 Å². The lowest BCUT2D eigenvalue weighted by molar-refractivity contribution is -0.147. The van der Waals surface area contributed by atoms with Gasteiger partial charge >= 0.3 is 5.97 Å². The minimum atomic E-state index is -0.110. The van der Waals surface area contributed by atoms with Crippen LogP contribution in [0.25, 0.3) is 0 Å². The van der Waals surface area contributed by atoms with Gasteiger partial charge in [0, 0.05) is 25.7 Å². The van der Waals surface area contributed by atoms with Gasteiger partial charge in [-0.05, 0) is 26.3 Å². The Bertz CT molecular complexity index is 245. The third kappa shape index (κ3) is 2.16. The average Bonchev–Trinajstić information content (AvgIpc) is 2.73. The van der Waals surface area contributed by atoms with Crippen molar-refractivity contribution in [2.75, 3.05) is 33.3 Å². The molecule has 2 atom stereocenters. The fraction of sp³-hybridized carbons (Fsp3) is 0.909. The van der Waals surface area contributed by atoms with Gasteiger partial charge in [0.05, 0.1) is 7.11 Å². The third-order valence-corrected chi connectivity index (χ3v) is 3.71. The van der Waals surface area contributed by atoms with Crippen molar-refractivity contribution >= 4 is 5.97 Å². The van der Waals surface area contributed by atoms with Crippen LogP contribution in [0.15, 0.2) is 0 Å². The summed E-state index contributed by atoms with van der Waals surface area (Å²) in [6.07, 6.45) is 2.59. The molecule has 2 fully saturated rings.